The predicted octanol–water partition coefficient (Wildman–Crippen LogP) is 1.09. The van der Waals surface area contributed by atoms with Crippen molar-refractivity contribution in [3.05, 3.63) is 28.8 Å². The zero-order valence-corrected chi connectivity index (χ0v) is 13.8. The number of hydrogen-bond donors (Lipinski definition) is 3. The number of rotatable bonds is 7. The van der Waals surface area contributed by atoms with Gasteiger partial charge in [0.25, 0.3) is 5.91 Å². The number of amides is 3. The first kappa shape index (κ1) is 18.0. The van der Waals surface area contributed by atoms with E-state index in [2.05, 4.69) is 10.6 Å². The maximum atomic E-state index is 12.3. The molecule has 3 amide bonds. The van der Waals surface area contributed by atoms with Crippen LogP contribution < -0.4 is 15.5 Å². The lowest BCUT2D eigenvalue weighted by atomic mass is 10.1. The number of aliphatic carboxylic acids is 1. The van der Waals surface area contributed by atoms with Crippen LogP contribution in [0.5, 0.6) is 0 Å². The van der Waals surface area contributed by atoms with Gasteiger partial charge in [0.1, 0.15) is 6.04 Å². The van der Waals surface area contributed by atoms with E-state index in [4.69, 9.17) is 21.4 Å². The molecule has 8 nitrogen and oxygen atoms in total. The van der Waals surface area contributed by atoms with Crippen LogP contribution in [0.4, 0.5) is 10.5 Å². The minimum atomic E-state index is -1.14. The molecule has 1 aromatic carbocycles. The Labute approximate surface area is 143 Å². The summed E-state index contributed by atoms with van der Waals surface area (Å²) in [5.74, 6) is -1.70. The molecule has 1 unspecified atom stereocenters. The van der Waals surface area contributed by atoms with E-state index in [9.17, 15) is 14.4 Å². The molecule has 0 aromatic heterocycles. The smallest absolute Gasteiger partial charge is 0.326 e. The van der Waals surface area contributed by atoms with Crippen molar-refractivity contribution in [2.45, 2.75) is 12.5 Å². The molecule has 0 bridgehead atoms. The molecule has 24 heavy (non-hydrogen) atoms. The van der Waals surface area contributed by atoms with Gasteiger partial charge in [-0.05, 0) is 18.2 Å². The summed E-state index contributed by atoms with van der Waals surface area (Å²) in [6.45, 7) is 1.13. The summed E-state index contributed by atoms with van der Waals surface area (Å²) >= 11 is 6.11. The molecule has 3 N–H and O–H groups in total. The van der Waals surface area contributed by atoms with E-state index in [1.54, 1.807) is 0 Å². The Kier molecular flexibility index (Phi) is 5.99. The summed E-state index contributed by atoms with van der Waals surface area (Å²) in [6.07, 6.45) is 0.145. The highest BCUT2D eigenvalue weighted by atomic mass is 35.5. The number of carboxylic acid groups (broad SMARTS) is 1. The molecular weight excluding hydrogens is 338 g/mol. The van der Waals surface area contributed by atoms with Crippen molar-refractivity contribution in [1.82, 2.24) is 10.6 Å². The van der Waals surface area contributed by atoms with Gasteiger partial charge in [-0.1, -0.05) is 11.6 Å². The number of methoxy groups -OCH3 is 1. The van der Waals surface area contributed by atoms with E-state index in [1.807, 2.05) is 0 Å². The zero-order valence-electron chi connectivity index (χ0n) is 13.0. The van der Waals surface area contributed by atoms with Crippen LogP contribution in [-0.2, 0) is 9.53 Å². The SMILES string of the molecule is COCCC(NC(=O)c1ccc(Cl)c(N2CCNC2=O)c1)C(=O)O. The lowest BCUT2D eigenvalue weighted by molar-refractivity contribution is -0.139. The summed E-state index contributed by atoms with van der Waals surface area (Å²) < 4.78 is 4.84. The number of hydrogen-bond acceptors (Lipinski definition) is 4. The molecule has 0 saturated carbocycles. The normalized spacial score (nSPS) is 15.1. The lowest BCUT2D eigenvalue weighted by Crippen LogP contribution is -2.41. The first-order valence-corrected chi connectivity index (χ1v) is 7.69. The molecule has 1 aliphatic rings. The van der Waals surface area contributed by atoms with E-state index < -0.39 is 17.9 Å². The van der Waals surface area contributed by atoms with Crippen LogP contribution in [0.1, 0.15) is 16.8 Å². The second kappa shape index (κ2) is 7.98. The van der Waals surface area contributed by atoms with E-state index in [0.717, 1.165) is 0 Å². The molecule has 0 aliphatic carbocycles. The maximum Gasteiger partial charge on any atom is 0.326 e. The number of anilines is 1. The Bertz CT molecular complexity index is 652. The van der Waals surface area contributed by atoms with Gasteiger partial charge in [0, 0.05) is 38.8 Å². The quantitative estimate of drug-likeness (QED) is 0.678. The van der Waals surface area contributed by atoms with E-state index >= 15 is 0 Å². The van der Waals surface area contributed by atoms with Crippen LogP contribution in [0.15, 0.2) is 18.2 Å². The van der Waals surface area contributed by atoms with Crippen molar-refractivity contribution in [2.75, 3.05) is 31.7 Å². The fourth-order valence-corrected chi connectivity index (χ4v) is 2.52. The van der Waals surface area contributed by atoms with Crippen molar-refractivity contribution < 1.29 is 24.2 Å². The molecule has 1 heterocycles. The Morgan fingerprint density at radius 3 is 2.83 bits per heavy atom. The Morgan fingerprint density at radius 2 is 2.25 bits per heavy atom. The molecule has 1 aromatic rings. The Balaban J connectivity index is 2.17. The molecule has 0 spiro atoms. The fourth-order valence-electron chi connectivity index (χ4n) is 2.30. The molecule has 0 radical (unpaired) electrons. The molecule has 1 fully saturated rings. The van der Waals surface area contributed by atoms with Gasteiger partial charge in [-0.2, -0.15) is 0 Å². The number of nitrogens with one attached hydrogen (secondary N) is 2. The van der Waals surface area contributed by atoms with Crippen LogP contribution in [0.2, 0.25) is 5.02 Å². The number of ether oxygens (including phenoxy) is 1. The maximum absolute atomic E-state index is 12.3. The van der Waals surface area contributed by atoms with Gasteiger partial charge in [0.15, 0.2) is 0 Å². The summed E-state index contributed by atoms with van der Waals surface area (Å²) in [5.41, 5.74) is 0.626. The average molecular weight is 356 g/mol. The number of benzene rings is 1. The lowest BCUT2D eigenvalue weighted by Gasteiger charge is -2.18. The second-order valence-electron chi connectivity index (χ2n) is 5.20. The van der Waals surface area contributed by atoms with Crippen molar-refractivity contribution in [3.63, 3.8) is 0 Å². The van der Waals surface area contributed by atoms with Gasteiger partial charge in [0.05, 0.1) is 10.7 Å². The van der Waals surface area contributed by atoms with Crippen molar-refractivity contribution in [2.24, 2.45) is 0 Å². The van der Waals surface area contributed by atoms with Gasteiger partial charge in [-0.15, -0.1) is 0 Å². The number of urea groups is 1. The first-order chi connectivity index (χ1) is 11.4. The minimum Gasteiger partial charge on any atom is -0.480 e. The second-order valence-corrected chi connectivity index (χ2v) is 5.60. The summed E-state index contributed by atoms with van der Waals surface area (Å²) in [6, 6.07) is 3.09. The molecule has 1 saturated heterocycles. The number of carboxylic acids is 1. The van der Waals surface area contributed by atoms with Crippen LogP contribution in [0.25, 0.3) is 0 Å². The number of carbonyl (C=O) groups excluding carboxylic acids is 2. The van der Waals surface area contributed by atoms with Crippen LogP contribution >= 0.6 is 11.6 Å². The molecule has 130 valence electrons. The summed E-state index contributed by atoms with van der Waals surface area (Å²) in [5, 5.41) is 14.6. The molecular formula is C15H18ClN3O5. The third kappa shape index (κ3) is 4.15. The largest absolute Gasteiger partial charge is 0.480 e. The standard InChI is InChI=1S/C15H18ClN3O5/c1-24-7-4-11(14(21)22)18-13(20)9-2-3-10(16)12(8-9)19-6-5-17-15(19)23/h2-3,8,11H,4-7H2,1H3,(H,17,23)(H,18,20)(H,21,22). The highest BCUT2D eigenvalue weighted by Crippen LogP contribution is 2.28. The summed E-state index contributed by atoms with van der Waals surface area (Å²) in [4.78, 5) is 36.7. The van der Waals surface area contributed by atoms with E-state index in [0.29, 0.717) is 23.8 Å². The molecule has 9 heteroatoms. The highest BCUT2D eigenvalue weighted by molar-refractivity contribution is 6.34. The highest BCUT2D eigenvalue weighted by Gasteiger charge is 2.25. The van der Waals surface area contributed by atoms with Crippen LogP contribution in [-0.4, -0.2) is 55.9 Å². The van der Waals surface area contributed by atoms with Crippen molar-refractivity contribution in [3.8, 4) is 0 Å². The minimum absolute atomic E-state index is 0.145. The fraction of sp³-hybridized carbons (Fsp3) is 0.400. The molecule has 1 atom stereocenters. The van der Waals surface area contributed by atoms with Gasteiger partial charge in [0.2, 0.25) is 0 Å². The molecule has 1 aliphatic heterocycles. The van der Waals surface area contributed by atoms with Crippen molar-refractivity contribution >= 4 is 35.2 Å². The van der Waals surface area contributed by atoms with Crippen LogP contribution in [0, 0.1) is 0 Å². The first-order valence-electron chi connectivity index (χ1n) is 7.31. The summed E-state index contributed by atoms with van der Waals surface area (Å²) in [7, 11) is 1.45. The van der Waals surface area contributed by atoms with E-state index in [-0.39, 0.29) is 24.6 Å². The van der Waals surface area contributed by atoms with Crippen LogP contribution in [0.3, 0.4) is 0 Å². The zero-order chi connectivity index (χ0) is 17.7. The van der Waals surface area contributed by atoms with Gasteiger partial charge in [-0.25, -0.2) is 9.59 Å². The van der Waals surface area contributed by atoms with Gasteiger partial charge >= 0.3 is 12.0 Å². The number of nitrogens with zero attached hydrogens (tertiary/aromatic N) is 1. The topological polar surface area (TPSA) is 108 Å². The van der Waals surface area contributed by atoms with Gasteiger partial charge < -0.3 is 20.5 Å². The predicted molar refractivity (Wildman–Crippen MR) is 87.6 cm³/mol. The monoisotopic (exact) mass is 355 g/mol. The number of halogens is 1. The third-order valence-electron chi connectivity index (χ3n) is 3.57. The molecule has 2 rings (SSSR count). The number of carbonyl (C=O) groups is 3. The van der Waals surface area contributed by atoms with Gasteiger partial charge in [-0.3, -0.25) is 9.69 Å². The Morgan fingerprint density at radius 1 is 1.50 bits per heavy atom. The Hall–Kier alpha value is -2.32. The van der Waals surface area contributed by atoms with Crippen molar-refractivity contribution in [1.29, 1.82) is 0 Å². The average Bonchev–Trinajstić information content (AvgIpc) is 2.97. The third-order valence-corrected chi connectivity index (χ3v) is 3.89. The van der Waals surface area contributed by atoms with E-state index in [1.165, 1.54) is 30.2 Å².